The van der Waals surface area contributed by atoms with E-state index in [0.717, 1.165) is 0 Å². The molecule has 1 spiro atoms. The van der Waals surface area contributed by atoms with Crippen LogP contribution in [0.2, 0.25) is 0 Å². The Kier molecular flexibility index (Phi) is 3.96. The van der Waals surface area contributed by atoms with E-state index in [1.807, 2.05) is 0 Å². The summed E-state index contributed by atoms with van der Waals surface area (Å²) in [6.07, 6.45) is 0. The van der Waals surface area contributed by atoms with E-state index in [4.69, 9.17) is 8.85 Å². The van der Waals surface area contributed by atoms with Crippen molar-refractivity contribution in [3.05, 3.63) is 41.2 Å². The van der Waals surface area contributed by atoms with Crippen LogP contribution in [0.3, 0.4) is 0 Å². The van der Waals surface area contributed by atoms with Crippen LogP contribution in [0.1, 0.15) is 0 Å². The molecule has 2 aliphatic heterocycles. The average molecular weight is 651 g/mol. The summed E-state index contributed by atoms with van der Waals surface area (Å²) in [5.41, 5.74) is 0. The second-order valence-corrected chi connectivity index (χ2v) is 10.7. The number of halogens is 9. The van der Waals surface area contributed by atoms with Gasteiger partial charge in [-0.25, -0.2) is 0 Å². The normalized spacial score (nSPS) is 19.5. The summed E-state index contributed by atoms with van der Waals surface area (Å²) < 4.78 is 90.9. The van der Waals surface area contributed by atoms with Crippen LogP contribution in [-0.4, -0.2) is 8.66 Å². The predicted octanol–water partition coefficient (Wildman–Crippen LogP) is 6.39. The molecule has 0 saturated carbocycles. The van der Waals surface area contributed by atoms with Crippen LogP contribution in [0, 0.1) is 23.3 Å². The second kappa shape index (κ2) is 5.49. The number of hydrogen-bond acceptors (Lipinski definition) is 4. The summed E-state index contributed by atoms with van der Waals surface area (Å²) in [6, 6.07) is 0. The molecule has 26 heavy (non-hydrogen) atoms. The molecule has 0 aliphatic carbocycles. The molecule has 14 heteroatoms. The summed E-state index contributed by atoms with van der Waals surface area (Å²) in [4.78, 5) is 0. The number of fused-ring (bicyclic) bond motifs is 2. The van der Waals surface area contributed by atoms with Gasteiger partial charge >= 0.3 is 176 Å². The van der Waals surface area contributed by atoms with Gasteiger partial charge in [-0.1, -0.05) is 0 Å². The molecule has 0 amide bonds. The second-order valence-electron chi connectivity index (χ2n) is 5.05. The fourth-order valence-corrected chi connectivity index (χ4v) is 7.15. The van der Waals surface area contributed by atoms with Gasteiger partial charge in [0.2, 0.25) is 0 Å². The molecule has 2 aromatic rings. The first kappa shape index (κ1) is 18.8. The van der Waals surface area contributed by atoms with E-state index in [0.29, 0.717) is 8.95 Å². The third-order valence-electron chi connectivity index (χ3n) is 3.43. The molecule has 0 bridgehead atoms. The topological polar surface area (TPSA) is 36.9 Å². The number of hydrogen-bond donors (Lipinski definition) is 0. The third kappa shape index (κ3) is 2.31. The van der Waals surface area contributed by atoms with E-state index < -0.39 is 43.4 Å². The van der Waals surface area contributed by atoms with Crippen molar-refractivity contribution >= 4 is 72.4 Å². The van der Waals surface area contributed by atoms with Crippen molar-refractivity contribution in [2.75, 3.05) is 0 Å². The molecule has 4 nitrogen and oxygen atoms in total. The molecular weight excluding hydrogens is 651 g/mol. The van der Waals surface area contributed by atoms with Gasteiger partial charge in [0.05, 0.1) is 0 Å². The quantitative estimate of drug-likeness (QED) is 0.109. The van der Waals surface area contributed by atoms with Gasteiger partial charge < -0.3 is 0 Å². The first-order valence-electron chi connectivity index (χ1n) is 6.33. The Labute approximate surface area is 175 Å². The van der Waals surface area contributed by atoms with E-state index in [1.165, 1.54) is 0 Å². The van der Waals surface area contributed by atoms with Crippen molar-refractivity contribution in [3.63, 3.8) is 0 Å². The zero-order valence-electron chi connectivity index (χ0n) is 11.5. The van der Waals surface area contributed by atoms with Crippen LogP contribution in [0.15, 0.2) is 17.9 Å². The SMILES string of the molecule is Fc1c(F)c(F)c2c(c1F)O[Si-]1(F)(O2)Oc2c(Br)c(Br)c(Br)c(Br)c2O1. The van der Waals surface area contributed by atoms with Crippen LogP contribution < -0.4 is 17.7 Å². The van der Waals surface area contributed by atoms with Crippen molar-refractivity contribution in [1.29, 1.82) is 0 Å². The fraction of sp³-hybridized carbons (Fsp3) is 0. The Morgan fingerprint density at radius 1 is 0.500 bits per heavy atom. The minimum absolute atomic E-state index is 0.161. The van der Waals surface area contributed by atoms with Gasteiger partial charge in [-0.15, -0.1) is 0 Å². The minimum atomic E-state index is -6.51. The Bertz CT molecular complexity index is 875. The summed E-state index contributed by atoms with van der Waals surface area (Å²) >= 11 is 12.7. The van der Waals surface area contributed by atoms with Crippen molar-refractivity contribution in [1.82, 2.24) is 0 Å². The van der Waals surface area contributed by atoms with Gasteiger partial charge in [0.1, 0.15) is 0 Å². The van der Waals surface area contributed by atoms with Gasteiger partial charge in [0, 0.05) is 0 Å². The van der Waals surface area contributed by atoms with E-state index in [1.54, 1.807) is 0 Å². The van der Waals surface area contributed by atoms with Crippen molar-refractivity contribution in [3.8, 4) is 23.0 Å². The van der Waals surface area contributed by atoms with Crippen LogP contribution >= 0.6 is 63.7 Å². The molecule has 0 N–H and O–H groups in total. The maximum absolute atomic E-state index is 15.7. The van der Waals surface area contributed by atoms with Gasteiger partial charge in [0.25, 0.3) is 0 Å². The van der Waals surface area contributed by atoms with Crippen molar-refractivity contribution in [2.24, 2.45) is 0 Å². The monoisotopic (exact) mass is 647 g/mol. The summed E-state index contributed by atoms with van der Waals surface area (Å²) in [7, 11) is -6.51. The van der Waals surface area contributed by atoms with Gasteiger partial charge in [0.15, 0.2) is 0 Å². The first-order chi connectivity index (χ1) is 12.0. The molecule has 4 rings (SSSR count). The van der Waals surface area contributed by atoms with Gasteiger partial charge in [-0.2, -0.15) is 0 Å². The molecule has 2 aliphatic rings. The third-order valence-corrected chi connectivity index (χ3v) is 10.2. The molecule has 0 radical (unpaired) electrons. The predicted molar refractivity (Wildman–Crippen MR) is 92.9 cm³/mol. The Morgan fingerprint density at radius 2 is 0.808 bits per heavy atom. The zero-order chi connectivity index (χ0) is 19.2. The van der Waals surface area contributed by atoms with Crippen LogP contribution in [0.4, 0.5) is 21.7 Å². The van der Waals surface area contributed by atoms with Crippen LogP contribution in [0.25, 0.3) is 0 Å². The fourth-order valence-electron chi connectivity index (χ4n) is 2.33. The maximum atomic E-state index is 15.7. The van der Waals surface area contributed by atoms with Gasteiger partial charge in [-0.3, -0.25) is 0 Å². The zero-order valence-corrected chi connectivity index (χ0v) is 18.9. The molecule has 0 atom stereocenters. The molecule has 0 saturated heterocycles. The number of benzene rings is 2. The van der Waals surface area contributed by atoms with E-state index in [2.05, 4.69) is 72.6 Å². The summed E-state index contributed by atoms with van der Waals surface area (Å²) in [6.45, 7) is 0. The summed E-state index contributed by atoms with van der Waals surface area (Å²) in [5, 5.41) is 0. The Balaban J connectivity index is 1.90. The van der Waals surface area contributed by atoms with E-state index >= 15 is 4.11 Å². The molecule has 0 aromatic heterocycles. The Morgan fingerprint density at radius 3 is 1.15 bits per heavy atom. The van der Waals surface area contributed by atoms with Crippen LogP contribution in [0.5, 0.6) is 23.0 Å². The number of rotatable bonds is 0. The van der Waals surface area contributed by atoms with Gasteiger partial charge in [-0.05, 0) is 0 Å². The Hall–Kier alpha value is -0.573. The van der Waals surface area contributed by atoms with Crippen molar-refractivity contribution < 1.29 is 39.4 Å². The molecular formula is C12Br4F5O4Si-. The molecule has 0 unspecified atom stereocenters. The summed E-state index contributed by atoms with van der Waals surface area (Å²) in [5.74, 6) is -11.5. The van der Waals surface area contributed by atoms with E-state index in [9.17, 15) is 17.6 Å². The average Bonchev–Trinajstić information content (AvgIpc) is 3.10. The molecule has 0 fully saturated rings. The van der Waals surface area contributed by atoms with E-state index in [-0.39, 0.29) is 20.4 Å². The van der Waals surface area contributed by atoms with Crippen LogP contribution in [-0.2, 0) is 0 Å². The molecule has 2 heterocycles. The standard InChI is InChI=1S/C12Br4F5O4Si/c13-1-2(14)4(16)10-9(3(1)15)22-26(21,23-10)24-11-7(19)5(17)6(18)8(20)12(11)25-26/q-1. The molecule has 2 aromatic carbocycles. The van der Waals surface area contributed by atoms with Crippen molar-refractivity contribution in [2.45, 2.75) is 0 Å². The first-order valence-corrected chi connectivity index (χ1v) is 11.5. The molecule has 140 valence electrons.